The highest BCUT2D eigenvalue weighted by molar-refractivity contribution is 8.00. The number of carbonyl (C=O) groups is 1. The number of nitrogens with zero attached hydrogens (tertiary/aromatic N) is 4. The predicted octanol–water partition coefficient (Wildman–Crippen LogP) is 4.25. The molecule has 0 saturated carbocycles. The lowest BCUT2D eigenvalue weighted by atomic mass is 10.1. The van der Waals surface area contributed by atoms with E-state index in [0.29, 0.717) is 16.9 Å². The Morgan fingerprint density at radius 2 is 1.93 bits per heavy atom. The van der Waals surface area contributed by atoms with Gasteiger partial charge in [0.15, 0.2) is 0 Å². The summed E-state index contributed by atoms with van der Waals surface area (Å²) >= 11 is 1.23. The van der Waals surface area contributed by atoms with Crippen LogP contribution in [0.2, 0.25) is 0 Å². The topological polar surface area (TPSA) is 85.8 Å². The van der Waals surface area contributed by atoms with Crippen molar-refractivity contribution in [2.24, 2.45) is 0 Å². The van der Waals surface area contributed by atoms with Crippen LogP contribution in [-0.4, -0.2) is 31.1 Å². The van der Waals surface area contributed by atoms with E-state index < -0.39 is 5.25 Å². The fraction of sp³-hybridized carbons (Fsp3) is 0.368. The molecule has 7 nitrogen and oxygen atoms in total. The summed E-state index contributed by atoms with van der Waals surface area (Å²) < 4.78 is 7.49. The molecule has 0 aliphatic carbocycles. The predicted molar refractivity (Wildman–Crippen MR) is 106 cm³/mol. The van der Waals surface area contributed by atoms with Crippen molar-refractivity contribution in [3.05, 3.63) is 41.6 Å². The van der Waals surface area contributed by atoms with Crippen LogP contribution in [-0.2, 0) is 4.79 Å². The second kappa shape index (κ2) is 7.96. The van der Waals surface area contributed by atoms with Crippen molar-refractivity contribution in [1.82, 2.24) is 20.0 Å². The number of hydrogen-bond donors (Lipinski definition) is 1. The lowest BCUT2D eigenvalue weighted by Gasteiger charge is -2.13. The first kappa shape index (κ1) is 19.2. The normalized spacial score (nSPS) is 12.4. The van der Waals surface area contributed by atoms with Gasteiger partial charge in [0.05, 0.1) is 11.4 Å². The van der Waals surface area contributed by atoms with E-state index in [4.69, 9.17) is 4.42 Å². The third-order valence-electron chi connectivity index (χ3n) is 4.22. The van der Waals surface area contributed by atoms with E-state index in [2.05, 4.69) is 27.5 Å². The molecule has 8 heteroatoms. The Kier molecular flexibility index (Phi) is 5.65. The molecule has 27 heavy (non-hydrogen) atoms. The van der Waals surface area contributed by atoms with Crippen molar-refractivity contribution >= 4 is 23.5 Å². The molecule has 0 fully saturated rings. The molecule has 3 aromatic rings. The molecule has 0 spiro atoms. The van der Waals surface area contributed by atoms with Gasteiger partial charge in [0.25, 0.3) is 5.22 Å². The third kappa shape index (κ3) is 4.39. The maximum absolute atomic E-state index is 12.5. The van der Waals surface area contributed by atoms with Crippen molar-refractivity contribution in [3.63, 3.8) is 0 Å². The largest absolute Gasteiger partial charge is 0.411 e. The van der Waals surface area contributed by atoms with Gasteiger partial charge in [0, 0.05) is 17.7 Å². The van der Waals surface area contributed by atoms with Gasteiger partial charge in [0.1, 0.15) is 5.82 Å². The summed E-state index contributed by atoms with van der Waals surface area (Å²) in [6, 6.07) is 7.93. The number of carbonyl (C=O) groups excluding carboxylic acids is 1. The fourth-order valence-corrected chi connectivity index (χ4v) is 3.19. The minimum atomic E-state index is -0.395. The van der Waals surface area contributed by atoms with Gasteiger partial charge in [-0.15, -0.1) is 10.2 Å². The Balaban J connectivity index is 1.66. The lowest BCUT2D eigenvalue weighted by Crippen LogP contribution is -2.24. The summed E-state index contributed by atoms with van der Waals surface area (Å²) in [7, 11) is 0. The zero-order chi connectivity index (χ0) is 19.6. The monoisotopic (exact) mass is 385 g/mol. The van der Waals surface area contributed by atoms with E-state index in [9.17, 15) is 4.79 Å². The maximum Gasteiger partial charge on any atom is 0.277 e. The van der Waals surface area contributed by atoms with Crippen LogP contribution in [0.3, 0.4) is 0 Å². The zero-order valence-corrected chi connectivity index (χ0v) is 16.9. The Morgan fingerprint density at radius 3 is 2.63 bits per heavy atom. The van der Waals surface area contributed by atoms with Crippen LogP contribution in [0.5, 0.6) is 0 Å². The van der Waals surface area contributed by atoms with E-state index >= 15 is 0 Å². The molecule has 142 valence electrons. The number of aromatic nitrogens is 4. The molecule has 2 aromatic heterocycles. The Labute approximate surface area is 162 Å². The highest BCUT2D eigenvalue weighted by atomic mass is 32.2. The van der Waals surface area contributed by atoms with Crippen molar-refractivity contribution in [3.8, 4) is 11.5 Å². The van der Waals surface area contributed by atoms with Crippen molar-refractivity contribution < 1.29 is 9.21 Å². The fourth-order valence-electron chi connectivity index (χ4n) is 2.51. The molecule has 1 atom stereocenters. The van der Waals surface area contributed by atoms with Gasteiger partial charge in [0.2, 0.25) is 11.8 Å². The Hall–Kier alpha value is -2.61. The Morgan fingerprint density at radius 1 is 1.15 bits per heavy atom. The summed E-state index contributed by atoms with van der Waals surface area (Å²) in [5, 5.41) is 15.2. The molecule has 0 unspecified atom stereocenters. The van der Waals surface area contributed by atoms with Crippen LogP contribution >= 0.6 is 11.8 Å². The lowest BCUT2D eigenvalue weighted by molar-refractivity contribution is -0.115. The molecule has 3 rings (SSSR count). The van der Waals surface area contributed by atoms with Crippen LogP contribution in [0.4, 0.5) is 5.82 Å². The van der Waals surface area contributed by atoms with Crippen molar-refractivity contribution in [1.29, 1.82) is 0 Å². The molecule has 0 saturated heterocycles. The van der Waals surface area contributed by atoms with Crippen LogP contribution < -0.4 is 5.32 Å². The van der Waals surface area contributed by atoms with Gasteiger partial charge >= 0.3 is 0 Å². The number of thioether (sulfide) groups is 1. The summed E-state index contributed by atoms with van der Waals surface area (Å²) in [6.45, 7) is 9.91. The number of amides is 1. The zero-order valence-electron chi connectivity index (χ0n) is 16.1. The number of nitrogens with one attached hydrogen (secondary N) is 1. The van der Waals surface area contributed by atoms with Crippen LogP contribution in [0.15, 0.2) is 40.1 Å². The second-order valence-corrected chi connectivity index (χ2v) is 7.97. The minimum absolute atomic E-state index is 0.145. The average molecular weight is 385 g/mol. The van der Waals surface area contributed by atoms with Gasteiger partial charge in [-0.3, -0.25) is 4.79 Å². The van der Waals surface area contributed by atoms with Crippen LogP contribution in [0, 0.1) is 13.8 Å². The average Bonchev–Trinajstić information content (AvgIpc) is 3.26. The third-order valence-corrected chi connectivity index (χ3v) is 5.15. The molecular formula is C19H23N5O2S. The standard InChI is InChI=1S/C19H23N5O2S/c1-11(2)24-16(8-9-20-24)21-17(25)14(5)27-19-23-22-18(26-19)15-7-6-12(3)13(4)10-15/h6-11,14H,1-5H3,(H,21,25)/t14-/m0/s1. The summed E-state index contributed by atoms with van der Waals surface area (Å²) in [5.74, 6) is 0.975. The van der Waals surface area contributed by atoms with E-state index in [1.54, 1.807) is 23.9 Å². The number of benzene rings is 1. The molecule has 0 aliphatic heterocycles. The molecule has 1 N–H and O–H groups in total. The quantitative estimate of drug-likeness (QED) is 0.639. The van der Waals surface area contributed by atoms with Crippen molar-refractivity contribution in [2.75, 3.05) is 5.32 Å². The minimum Gasteiger partial charge on any atom is -0.411 e. The summed E-state index contributed by atoms with van der Waals surface area (Å²) in [5.41, 5.74) is 3.24. The highest BCUT2D eigenvalue weighted by Gasteiger charge is 2.20. The Bertz CT molecular complexity index is 947. The van der Waals surface area contributed by atoms with Gasteiger partial charge in [-0.2, -0.15) is 5.10 Å². The number of rotatable bonds is 6. The molecule has 0 aliphatic rings. The van der Waals surface area contributed by atoms with Gasteiger partial charge in [-0.1, -0.05) is 17.8 Å². The maximum atomic E-state index is 12.5. The second-order valence-electron chi connectivity index (χ2n) is 6.68. The molecular weight excluding hydrogens is 362 g/mol. The smallest absolute Gasteiger partial charge is 0.277 e. The number of aryl methyl sites for hydroxylation is 2. The van der Waals surface area contributed by atoms with E-state index in [1.165, 1.54) is 17.3 Å². The number of hydrogen-bond acceptors (Lipinski definition) is 6. The SMILES string of the molecule is Cc1ccc(-c2nnc(S[C@@H](C)C(=O)Nc3ccnn3C(C)C)o2)cc1C. The first-order valence-corrected chi connectivity index (χ1v) is 9.65. The summed E-state index contributed by atoms with van der Waals surface area (Å²) in [6.07, 6.45) is 1.67. The van der Waals surface area contributed by atoms with Gasteiger partial charge < -0.3 is 9.73 Å². The number of anilines is 1. The van der Waals surface area contributed by atoms with E-state index in [1.807, 2.05) is 39.0 Å². The molecule has 1 amide bonds. The molecule has 2 heterocycles. The molecule has 1 aromatic carbocycles. The first-order chi connectivity index (χ1) is 12.8. The first-order valence-electron chi connectivity index (χ1n) is 8.77. The van der Waals surface area contributed by atoms with Crippen molar-refractivity contribution in [2.45, 2.75) is 51.1 Å². The van der Waals surface area contributed by atoms with E-state index in [-0.39, 0.29) is 11.9 Å². The highest BCUT2D eigenvalue weighted by Crippen LogP contribution is 2.27. The molecule has 0 bridgehead atoms. The van der Waals surface area contributed by atoms with Crippen LogP contribution in [0.25, 0.3) is 11.5 Å². The van der Waals surface area contributed by atoms with E-state index in [0.717, 1.165) is 11.1 Å². The van der Waals surface area contributed by atoms with Crippen LogP contribution in [0.1, 0.15) is 37.9 Å². The van der Waals surface area contributed by atoms with Gasteiger partial charge in [-0.25, -0.2) is 4.68 Å². The molecule has 0 radical (unpaired) electrons. The summed E-state index contributed by atoms with van der Waals surface area (Å²) in [4.78, 5) is 12.5. The van der Waals surface area contributed by atoms with Gasteiger partial charge in [-0.05, 0) is 57.9 Å².